The monoisotopic (exact) mass is 399 g/mol. The Morgan fingerprint density at radius 1 is 1.24 bits per heavy atom. The van der Waals surface area contributed by atoms with Crippen molar-refractivity contribution in [1.82, 2.24) is 15.2 Å². The number of hydrogen-bond acceptors (Lipinski definition) is 4. The number of piperidine rings is 1. The summed E-state index contributed by atoms with van der Waals surface area (Å²) in [6, 6.07) is 7.35. The number of nitrogens with zero attached hydrogens (tertiary/aromatic N) is 1. The largest absolute Gasteiger partial charge is 0.497 e. The zero-order chi connectivity index (χ0) is 20.6. The number of aromatic nitrogens is 1. The number of carbonyl (C=O) groups is 2. The molecular formula is C22H29N3O4. The smallest absolute Gasteiger partial charge is 0.255 e. The number of methoxy groups -OCH3 is 2. The fraction of sp³-hybridized carbons (Fsp3) is 0.455. The minimum Gasteiger partial charge on any atom is -0.497 e. The molecule has 0 spiro atoms. The molecule has 7 nitrogen and oxygen atoms in total. The summed E-state index contributed by atoms with van der Waals surface area (Å²) in [6.45, 7) is 1.91. The van der Waals surface area contributed by atoms with Crippen LogP contribution in [0.25, 0.3) is 0 Å². The molecule has 3 rings (SSSR count). The van der Waals surface area contributed by atoms with Gasteiger partial charge in [0.05, 0.1) is 19.8 Å². The van der Waals surface area contributed by atoms with Gasteiger partial charge in [-0.2, -0.15) is 0 Å². The molecule has 1 aromatic carbocycles. The van der Waals surface area contributed by atoms with Gasteiger partial charge < -0.3 is 24.7 Å². The van der Waals surface area contributed by atoms with Gasteiger partial charge >= 0.3 is 0 Å². The Bertz CT molecular complexity index is 819. The third-order valence-electron chi connectivity index (χ3n) is 5.40. The maximum atomic E-state index is 12.5. The van der Waals surface area contributed by atoms with Crippen LogP contribution in [0.3, 0.4) is 0 Å². The minimum atomic E-state index is 0.0111. The fourth-order valence-electron chi connectivity index (χ4n) is 3.74. The summed E-state index contributed by atoms with van der Waals surface area (Å²) in [5, 5.41) is 2.96. The highest BCUT2D eigenvalue weighted by molar-refractivity contribution is 5.94. The van der Waals surface area contributed by atoms with E-state index >= 15 is 0 Å². The van der Waals surface area contributed by atoms with Crippen LogP contribution in [0, 0.1) is 5.92 Å². The molecule has 1 saturated heterocycles. The summed E-state index contributed by atoms with van der Waals surface area (Å²) in [7, 11) is 3.21. The fourth-order valence-corrected chi connectivity index (χ4v) is 3.74. The standard InChI is InChI=1S/C22H29N3O4/c1-28-19-7-6-17(20(12-19)29-2)14-24-21(26)8-5-16-4-3-11-25(15-16)22(27)18-9-10-23-13-18/h6-7,9-10,12-13,16,23H,3-5,8,11,14-15H2,1-2H3,(H,24,26). The molecule has 1 atom stereocenters. The Hall–Kier alpha value is -2.96. The molecule has 0 radical (unpaired) electrons. The van der Waals surface area contributed by atoms with E-state index in [-0.39, 0.29) is 11.8 Å². The van der Waals surface area contributed by atoms with Crippen LogP contribution >= 0.6 is 0 Å². The van der Waals surface area contributed by atoms with E-state index in [0.717, 1.165) is 31.4 Å². The first-order chi connectivity index (χ1) is 14.1. The molecule has 0 saturated carbocycles. The highest BCUT2D eigenvalue weighted by Gasteiger charge is 2.25. The zero-order valence-corrected chi connectivity index (χ0v) is 17.1. The SMILES string of the molecule is COc1ccc(CNC(=O)CCC2CCCN(C(=O)c3cc[nH]c3)C2)c(OC)c1. The Kier molecular flexibility index (Phi) is 7.16. The first-order valence-electron chi connectivity index (χ1n) is 10.0. The molecular weight excluding hydrogens is 370 g/mol. The molecule has 1 aromatic heterocycles. The van der Waals surface area contributed by atoms with Gasteiger partial charge in [-0.25, -0.2) is 0 Å². The molecule has 0 aliphatic carbocycles. The van der Waals surface area contributed by atoms with E-state index in [9.17, 15) is 9.59 Å². The molecule has 29 heavy (non-hydrogen) atoms. The van der Waals surface area contributed by atoms with Crippen molar-refractivity contribution < 1.29 is 19.1 Å². The summed E-state index contributed by atoms with van der Waals surface area (Å²) in [5.41, 5.74) is 1.60. The number of H-pyrrole nitrogens is 1. The van der Waals surface area contributed by atoms with E-state index in [4.69, 9.17) is 9.47 Å². The highest BCUT2D eigenvalue weighted by atomic mass is 16.5. The minimum absolute atomic E-state index is 0.0111. The quantitative estimate of drug-likeness (QED) is 0.715. The van der Waals surface area contributed by atoms with E-state index in [1.807, 2.05) is 17.0 Å². The summed E-state index contributed by atoms with van der Waals surface area (Å²) >= 11 is 0. The summed E-state index contributed by atoms with van der Waals surface area (Å²) in [5.74, 6) is 1.83. The van der Waals surface area contributed by atoms with Crippen LogP contribution in [0.4, 0.5) is 0 Å². The molecule has 2 aromatic rings. The lowest BCUT2D eigenvalue weighted by molar-refractivity contribution is -0.121. The maximum absolute atomic E-state index is 12.5. The topological polar surface area (TPSA) is 83.7 Å². The molecule has 7 heteroatoms. The number of likely N-dealkylation sites (tertiary alicyclic amines) is 1. The van der Waals surface area contributed by atoms with Gasteiger partial charge in [0.2, 0.25) is 5.91 Å². The van der Waals surface area contributed by atoms with Gasteiger partial charge in [0.15, 0.2) is 0 Å². The molecule has 1 fully saturated rings. The van der Waals surface area contributed by atoms with Crippen molar-refractivity contribution in [3.63, 3.8) is 0 Å². The molecule has 0 bridgehead atoms. The first kappa shape index (κ1) is 20.8. The third-order valence-corrected chi connectivity index (χ3v) is 5.40. The Morgan fingerprint density at radius 3 is 2.83 bits per heavy atom. The van der Waals surface area contributed by atoms with Gasteiger partial charge in [-0.05, 0) is 43.4 Å². The van der Waals surface area contributed by atoms with Crippen molar-refractivity contribution in [1.29, 1.82) is 0 Å². The normalized spacial score (nSPS) is 16.3. The van der Waals surface area contributed by atoms with E-state index < -0.39 is 0 Å². The van der Waals surface area contributed by atoms with Gasteiger partial charge in [-0.3, -0.25) is 9.59 Å². The van der Waals surface area contributed by atoms with Crippen molar-refractivity contribution in [2.24, 2.45) is 5.92 Å². The molecule has 1 aliphatic rings. The number of amides is 2. The van der Waals surface area contributed by atoms with Gasteiger partial charge in [-0.15, -0.1) is 0 Å². The van der Waals surface area contributed by atoms with E-state index in [0.29, 0.717) is 42.5 Å². The second kappa shape index (κ2) is 10.0. The first-order valence-corrected chi connectivity index (χ1v) is 10.0. The molecule has 1 unspecified atom stereocenters. The van der Waals surface area contributed by atoms with Crippen LogP contribution < -0.4 is 14.8 Å². The van der Waals surface area contributed by atoms with Crippen LogP contribution in [0.15, 0.2) is 36.7 Å². The van der Waals surface area contributed by atoms with Crippen molar-refractivity contribution in [3.05, 3.63) is 47.8 Å². The zero-order valence-electron chi connectivity index (χ0n) is 17.1. The average Bonchev–Trinajstić information content (AvgIpc) is 3.30. The predicted molar refractivity (Wildman–Crippen MR) is 110 cm³/mol. The lowest BCUT2D eigenvalue weighted by Crippen LogP contribution is -2.40. The summed E-state index contributed by atoms with van der Waals surface area (Å²) in [4.78, 5) is 29.7. The maximum Gasteiger partial charge on any atom is 0.255 e. The Balaban J connectivity index is 1.45. The van der Waals surface area contributed by atoms with Crippen molar-refractivity contribution >= 4 is 11.8 Å². The van der Waals surface area contributed by atoms with Crippen LogP contribution in [-0.4, -0.2) is 49.0 Å². The second-order valence-electron chi connectivity index (χ2n) is 7.35. The predicted octanol–water partition coefficient (Wildman–Crippen LogP) is 2.98. The summed E-state index contributed by atoms with van der Waals surface area (Å²) in [6.07, 6.45) is 6.75. The van der Waals surface area contributed by atoms with Crippen molar-refractivity contribution in [3.8, 4) is 11.5 Å². The van der Waals surface area contributed by atoms with Gasteiger partial charge in [0, 0.05) is 50.1 Å². The molecule has 2 amide bonds. The molecule has 1 aliphatic heterocycles. The van der Waals surface area contributed by atoms with Crippen LogP contribution in [0.2, 0.25) is 0 Å². The van der Waals surface area contributed by atoms with E-state index in [1.54, 1.807) is 38.7 Å². The average molecular weight is 399 g/mol. The number of ether oxygens (including phenoxy) is 2. The molecule has 2 heterocycles. The number of benzene rings is 1. The van der Waals surface area contributed by atoms with Gasteiger partial charge in [0.1, 0.15) is 11.5 Å². The number of rotatable bonds is 8. The van der Waals surface area contributed by atoms with Gasteiger partial charge in [0.25, 0.3) is 5.91 Å². The van der Waals surface area contributed by atoms with E-state index in [1.165, 1.54) is 0 Å². The van der Waals surface area contributed by atoms with Crippen LogP contribution in [-0.2, 0) is 11.3 Å². The molecule has 156 valence electrons. The second-order valence-corrected chi connectivity index (χ2v) is 7.35. The van der Waals surface area contributed by atoms with Crippen LogP contribution in [0.5, 0.6) is 11.5 Å². The number of hydrogen-bond donors (Lipinski definition) is 2. The van der Waals surface area contributed by atoms with E-state index in [2.05, 4.69) is 10.3 Å². The Labute approximate surface area is 171 Å². The van der Waals surface area contributed by atoms with Gasteiger partial charge in [-0.1, -0.05) is 0 Å². The summed E-state index contributed by atoms with van der Waals surface area (Å²) < 4.78 is 10.6. The van der Waals surface area contributed by atoms with Crippen LogP contribution in [0.1, 0.15) is 41.6 Å². The highest BCUT2D eigenvalue weighted by Crippen LogP contribution is 2.25. The third kappa shape index (κ3) is 5.53. The molecule has 2 N–H and O–H groups in total. The van der Waals surface area contributed by atoms with Crippen molar-refractivity contribution in [2.45, 2.75) is 32.2 Å². The van der Waals surface area contributed by atoms with Crippen molar-refractivity contribution in [2.75, 3.05) is 27.3 Å². The number of aromatic amines is 1. The lowest BCUT2D eigenvalue weighted by Gasteiger charge is -2.32. The number of nitrogens with one attached hydrogen (secondary N) is 2. The number of carbonyl (C=O) groups excluding carboxylic acids is 2. The lowest BCUT2D eigenvalue weighted by atomic mass is 9.93. The Morgan fingerprint density at radius 2 is 2.10 bits per heavy atom.